The quantitative estimate of drug-likeness (QED) is 0.781. The van der Waals surface area contributed by atoms with E-state index in [1.54, 1.807) is 41.5 Å². The molecule has 7 heteroatoms. The van der Waals surface area contributed by atoms with Crippen molar-refractivity contribution in [1.82, 2.24) is 4.90 Å². The van der Waals surface area contributed by atoms with E-state index in [2.05, 4.69) is 0 Å². The molecule has 0 aromatic heterocycles. The molecule has 0 unspecified atom stereocenters. The number of aliphatic carboxylic acids is 1. The Hall–Kier alpha value is -1.79. The van der Waals surface area contributed by atoms with Gasteiger partial charge in [0.05, 0.1) is 6.42 Å². The van der Waals surface area contributed by atoms with Crippen LogP contribution in [-0.2, 0) is 19.1 Å². The molecule has 7 nitrogen and oxygen atoms in total. The molecule has 0 aromatic rings. The molecule has 0 aliphatic rings. The SMILES string of the molecule is CC(C)(C)OC(=O)CN(CCC(=O)O)C(=O)OC(C)(C)C. The molecule has 0 aliphatic carbocycles. The third-order valence-electron chi connectivity index (χ3n) is 1.99. The molecular weight excluding hydrogens is 278 g/mol. The molecule has 0 aliphatic heterocycles. The first-order valence-corrected chi connectivity index (χ1v) is 6.72. The van der Waals surface area contributed by atoms with Gasteiger partial charge in [-0.1, -0.05) is 0 Å². The highest BCUT2D eigenvalue weighted by Gasteiger charge is 2.26. The van der Waals surface area contributed by atoms with Crippen LogP contribution in [0.5, 0.6) is 0 Å². The Bertz CT molecular complexity index is 391. The second-order valence-corrected chi connectivity index (χ2v) is 6.63. The third kappa shape index (κ3) is 10.6. The molecule has 0 aromatic carbocycles. The molecule has 0 rings (SSSR count). The largest absolute Gasteiger partial charge is 0.481 e. The number of esters is 1. The van der Waals surface area contributed by atoms with E-state index in [1.165, 1.54) is 0 Å². The first-order chi connectivity index (χ1) is 9.30. The van der Waals surface area contributed by atoms with Crippen LogP contribution >= 0.6 is 0 Å². The molecule has 122 valence electrons. The van der Waals surface area contributed by atoms with Crippen molar-refractivity contribution in [1.29, 1.82) is 0 Å². The predicted octanol–water partition coefficient (Wildman–Crippen LogP) is 2.04. The van der Waals surface area contributed by atoms with E-state index < -0.39 is 29.2 Å². The summed E-state index contributed by atoms with van der Waals surface area (Å²) in [7, 11) is 0. The number of carboxylic acid groups (broad SMARTS) is 1. The van der Waals surface area contributed by atoms with Gasteiger partial charge in [-0.05, 0) is 41.5 Å². The number of carboxylic acids is 1. The lowest BCUT2D eigenvalue weighted by Crippen LogP contribution is -2.42. The second-order valence-electron chi connectivity index (χ2n) is 6.63. The van der Waals surface area contributed by atoms with Gasteiger partial charge in [-0.2, -0.15) is 0 Å². The molecule has 0 atom stereocenters. The zero-order valence-corrected chi connectivity index (χ0v) is 13.6. The fourth-order valence-corrected chi connectivity index (χ4v) is 1.32. The highest BCUT2D eigenvalue weighted by Crippen LogP contribution is 2.12. The van der Waals surface area contributed by atoms with E-state index in [0.29, 0.717) is 0 Å². The van der Waals surface area contributed by atoms with Gasteiger partial charge in [0.25, 0.3) is 0 Å². The molecule has 0 saturated carbocycles. The van der Waals surface area contributed by atoms with Crippen molar-refractivity contribution in [3.63, 3.8) is 0 Å². The van der Waals surface area contributed by atoms with Crippen LogP contribution < -0.4 is 0 Å². The van der Waals surface area contributed by atoms with Gasteiger partial charge in [0, 0.05) is 6.54 Å². The number of carbonyl (C=O) groups is 3. The topological polar surface area (TPSA) is 93.1 Å². The van der Waals surface area contributed by atoms with Crippen molar-refractivity contribution < 1.29 is 29.0 Å². The van der Waals surface area contributed by atoms with Crippen molar-refractivity contribution in [2.24, 2.45) is 0 Å². The van der Waals surface area contributed by atoms with Gasteiger partial charge < -0.3 is 14.6 Å². The van der Waals surface area contributed by atoms with Gasteiger partial charge >= 0.3 is 18.0 Å². The van der Waals surface area contributed by atoms with Crippen LogP contribution in [0.25, 0.3) is 0 Å². The predicted molar refractivity (Wildman–Crippen MR) is 75.9 cm³/mol. The van der Waals surface area contributed by atoms with Crippen LogP contribution in [0.15, 0.2) is 0 Å². The lowest BCUT2D eigenvalue weighted by Gasteiger charge is -2.27. The normalized spacial score (nSPS) is 11.7. The molecule has 0 spiro atoms. The van der Waals surface area contributed by atoms with E-state index in [4.69, 9.17) is 14.6 Å². The van der Waals surface area contributed by atoms with Crippen molar-refractivity contribution in [3.05, 3.63) is 0 Å². The van der Waals surface area contributed by atoms with Gasteiger partial charge in [-0.15, -0.1) is 0 Å². The zero-order valence-electron chi connectivity index (χ0n) is 13.6. The maximum absolute atomic E-state index is 12.0. The second kappa shape index (κ2) is 7.28. The number of rotatable bonds is 5. The molecule has 0 heterocycles. The van der Waals surface area contributed by atoms with Gasteiger partial charge in [0.1, 0.15) is 17.7 Å². The first kappa shape index (κ1) is 19.2. The molecule has 0 fully saturated rings. The molecule has 0 bridgehead atoms. The number of amides is 1. The Balaban J connectivity index is 4.77. The summed E-state index contributed by atoms with van der Waals surface area (Å²) in [6, 6.07) is 0. The average Bonchev–Trinajstić information content (AvgIpc) is 2.18. The summed E-state index contributed by atoms with van der Waals surface area (Å²) < 4.78 is 10.3. The van der Waals surface area contributed by atoms with Crippen LogP contribution in [0.2, 0.25) is 0 Å². The third-order valence-corrected chi connectivity index (χ3v) is 1.99. The summed E-state index contributed by atoms with van der Waals surface area (Å²) in [6.45, 7) is 9.72. The number of ether oxygens (including phenoxy) is 2. The minimum absolute atomic E-state index is 0.122. The highest BCUT2D eigenvalue weighted by molar-refractivity contribution is 5.79. The van der Waals surface area contributed by atoms with E-state index in [9.17, 15) is 14.4 Å². The summed E-state index contributed by atoms with van der Waals surface area (Å²) in [6.07, 6.45) is -1.02. The summed E-state index contributed by atoms with van der Waals surface area (Å²) in [5, 5.41) is 8.70. The minimum atomic E-state index is -1.06. The monoisotopic (exact) mass is 303 g/mol. The Kier molecular flexibility index (Phi) is 6.66. The van der Waals surface area contributed by atoms with Crippen molar-refractivity contribution in [2.45, 2.75) is 59.2 Å². The molecule has 1 amide bonds. The lowest BCUT2D eigenvalue weighted by atomic mass is 10.2. The molecule has 21 heavy (non-hydrogen) atoms. The average molecular weight is 303 g/mol. The van der Waals surface area contributed by atoms with Crippen LogP contribution in [0, 0.1) is 0 Å². The van der Waals surface area contributed by atoms with Crippen LogP contribution in [0.4, 0.5) is 4.79 Å². The smallest absolute Gasteiger partial charge is 0.410 e. The minimum Gasteiger partial charge on any atom is -0.481 e. The van der Waals surface area contributed by atoms with Crippen molar-refractivity contribution in [2.75, 3.05) is 13.1 Å². The van der Waals surface area contributed by atoms with E-state index in [0.717, 1.165) is 4.90 Å². The van der Waals surface area contributed by atoms with Gasteiger partial charge in [-0.25, -0.2) is 4.79 Å². The number of hydrogen-bond acceptors (Lipinski definition) is 5. The van der Waals surface area contributed by atoms with Gasteiger partial charge in [0.15, 0.2) is 0 Å². The Morgan fingerprint density at radius 3 is 1.81 bits per heavy atom. The molecular formula is C14H25NO6. The summed E-state index contributed by atoms with van der Waals surface area (Å²) in [5.41, 5.74) is -1.41. The molecule has 0 radical (unpaired) electrons. The van der Waals surface area contributed by atoms with Crippen LogP contribution in [-0.4, -0.2) is 52.3 Å². The first-order valence-electron chi connectivity index (χ1n) is 6.72. The maximum atomic E-state index is 12.0. The van der Waals surface area contributed by atoms with Crippen LogP contribution in [0.1, 0.15) is 48.0 Å². The fraction of sp³-hybridized carbons (Fsp3) is 0.786. The van der Waals surface area contributed by atoms with Crippen molar-refractivity contribution in [3.8, 4) is 0 Å². The summed E-state index contributed by atoms with van der Waals surface area (Å²) in [5.74, 6) is -1.67. The standard InChI is InChI=1S/C14H25NO6/c1-13(2,3)20-11(18)9-15(8-7-10(16)17)12(19)21-14(4,5)6/h7-9H2,1-6H3,(H,16,17). The number of carbonyl (C=O) groups excluding carboxylic acids is 2. The molecule has 0 saturated heterocycles. The van der Waals surface area contributed by atoms with E-state index >= 15 is 0 Å². The molecule has 1 N–H and O–H groups in total. The maximum Gasteiger partial charge on any atom is 0.410 e. The Morgan fingerprint density at radius 2 is 1.43 bits per heavy atom. The number of hydrogen-bond donors (Lipinski definition) is 1. The highest BCUT2D eigenvalue weighted by atomic mass is 16.6. The lowest BCUT2D eigenvalue weighted by molar-refractivity contribution is -0.156. The summed E-state index contributed by atoms with van der Waals surface area (Å²) >= 11 is 0. The van der Waals surface area contributed by atoms with E-state index in [1.807, 2.05) is 0 Å². The number of nitrogens with zero attached hydrogens (tertiary/aromatic N) is 1. The Morgan fingerprint density at radius 1 is 0.952 bits per heavy atom. The van der Waals surface area contributed by atoms with E-state index in [-0.39, 0.29) is 19.5 Å². The van der Waals surface area contributed by atoms with Gasteiger partial charge in [0.2, 0.25) is 0 Å². The van der Waals surface area contributed by atoms with Crippen molar-refractivity contribution >= 4 is 18.0 Å². The Labute approximate surface area is 125 Å². The van der Waals surface area contributed by atoms with Crippen LogP contribution in [0.3, 0.4) is 0 Å². The zero-order chi connectivity index (χ0) is 16.8. The van der Waals surface area contributed by atoms with Gasteiger partial charge in [-0.3, -0.25) is 14.5 Å². The fourth-order valence-electron chi connectivity index (χ4n) is 1.32. The summed E-state index contributed by atoms with van der Waals surface area (Å²) in [4.78, 5) is 35.4.